The van der Waals surface area contributed by atoms with E-state index < -0.39 is 0 Å². The normalized spacial score (nSPS) is 19.6. The molecule has 2 N–H and O–H groups in total. The van der Waals surface area contributed by atoms with E-state index >= 15 is 0 Å². The Morgan fingerprint density at radius 1 is 1.25 bits per heavy atom. The van der Waals surface area contributed by atoms with Gasteiger partial charge in [-0.3, -0.25) is 14.6 Å². The molecule has 4 rings (SSSR count). The average molecular weight is 395 g/mol. The van der Waals surface area contributed by atoms with E-state index in [1.54, 1.807) is 18.0 Å². The molecule has 0 fully saturated rings. The van der Waals surface area contributed by atoms with Gasteiger partial charge in [-0.25, -0.2) is 4.99 Å². The quantitative estimate of drug-likeness (QED) is 0.781. The van der Waals surface area contributed by atoms with Crippen LogP contribution in [0.5, 0.6) is 0 Å². The number of amides is 2. The number of nitrogens with one attached hydrogen (secondary N) is 2. The fourth-order valence-electron chi connectivity index (χ4n) is 3.49. The van der Waals surface area contributed by atoms with Crippen molar-refractivity contribution in [3.63, 3.8) is 0 Å². The van der Waals surface area contributed by atoms with Crippen molar-refractivity contribution in [1.82, 2.24) is 15.6 Å². The number of thioether (sulfide) groups is 1. The molecule has 144 valence electrons. The molecule has 0 radical (unpaired) electrons. The number of rotatable bonds is 4. The Hall–Kier alpha value is -2.67. The van der Waals surface area contributed by atoms with Crippen LogP contribution < -0.4 is 10.6 Å². The molecule has 0 aliphatic carbocycles. The molecule has 2 aliphatic heterocycles. The summed E-state index contributed by atoms with van der Waals surface area (Å²) in [6, 6.07) is 9.75. The lowest BCUT2D eigenvalue weighted by Crippen LogP contribution is -2.37. The smallest absolute Gasteiger partial charge is 0.251 e. The molecule has 0 saturated heterocycles. The highest BCUT2D eigenvalue weighted by Gasteiger charge is 2.35. The van der Waals surface area contributed by atoms with Gasteiger partial charge in [0.05, 0.1) is 22.7 Å². The predicted molar refractivity (Wildman–Crippen MR) is 112 cm³/mol. The zero-order valence-corrected chi connectivity index (χ0v) is 16.5. The Kier molecular flexibility index (Phi) is 5.43. The van der Waals surface area contributed by atoms with E-state index in [1.165, 1.54) is 0 Å². The first kappa shape index (κ1) is 18.7. The molecule has 2 amide bonds. The second-order valence-corrected chi connectivity index (χ2v) is 8.08. The van der Waals surface area contributed by atoms with Crippen LogP contribution in [-0.2, 0) is 9.59 Å². The van der Waals surface area contributed by atoms with Crippen molar-refractivity contribution >= 4 is 39.5 Å². The maximum Gasteiger partial charge on any atom is 0.251 e. The van der Waals surface area contributed by atoms with Gasteiger partial charge in [-0.15, -0.1) is 11.8 Å². The number of benzene rings is 1. The van der Waals surface area contributed by atoms with Crippen LogP contribution in [-0.4, -0.2) is 34.1 Å². The minimum absolute atomic E-state index is 0.119. The first-order valence-electron chi connectivity index (χ1n) is 9.53. The lowest BCUT2D eigenvalue weighted by atomic mass is 9.84. The molecule has 3 heterocycles. The molecule has 1 aromatic heterocycles. The molecule has 2 aliphatic rings. The number of aromatic nitrogens is 1. The Morgan fingerprint density at radius 2 is 2.14 bits per heavy atom. The van der Waals surface area contributed by atoms with Crippen LogP contribution in [0.2, 0.25) is 0 Å². The third-order valence-electron chi connectivity index (χ3n) is 4.93. The van der Waals surface area contributed by atoms with Gasteiger partial charge in [-0.2, -0.15) is 0 Å². The maximum absolute atomic E-state index is 12.9. The monoisotopic (exact) mass is 394 g/mol. The highest BCUT2D eigenvalue weighted by atomic mass is 32.2. The molecule has 2 aromatic rings. The van der Waals surface area contributed by atoms with Crippen molar-refractivity contribution in [3.05, 3.63) is 53.5 Å². The number of unbranched alkanes of at least 4 members (excludes halogenated alkanes) is 1. The molecule has 1 atom stereocenters. The molecule has 0 bridgehead atoms. The number of carbonyl (C=O) groups is 2. The molecule has 7 heteroatoms. The Labute approximate surface area is 167 Å². The van der Waals surface area contributed by atoms with Crippen molar-refractivity contribution in [1.29, 1.82) is 0 Å². The van der Waals surface area contributed by atoms with Crippen molar-refractivity contribution in [2.45, 2.75) is 32.1 Å². The zero-order chi connectivity index (χ0) is 19.5. The molecule has 1 aromatic carbocycles. The second kappa shape index (κ2) is 8.14. The first-order chi connectivity index (χ1) is 13.7. The average Bonchev–Trinajstić information content (AvgIpc) is 2.86. The lowest BCUT2D eigenvalue weighted by Gasteiger charge is -2.25. The Bertz CT molecular complexity index is 999. The van der Waals surface area contributed by atoms with E-state index in [2.05, 4.69) is 27.5 Å². The van der Waals surface area contributed by atoms with Crippen molar-refractivity contribution < 1.29 is 9.59 Å². The van der Waals surface area contributed by atoms with Crippen LogP contribution >= 0.6 is 11.8 Å². The van der Waals surface area contributed by atoms with Crippen LogP contribution in [0.15, 0.2) is 52.9 Å². The number of aliphatic imine (C=N–C) groups is 1. The standard InChI is InChI=1S/C21H22N4O2S/c1-2-3-9-28-18-12-23-21(27)19-15(11-17(26)24-20(19)25-18)13-6-7-16-14(10-13)5-4-8-22-16/h4-8,10,15H,2-3,9,11-12H2,1H3,(H,23,27)(H,24,26). The van der Waals surface area contributed by atoms with Crippen LogP contribution in [0, 0.1) is 0 Å². The van der Waals surface area contributed by atoms with Gasteiger partial charge in [0.15, 0.2) is 0 Å². The summed E-state index contributed by atoms with van der Waals surface area (Å²) in [6.07, 6.45) is 4.17. The number of fused-ring (bicyclic) bond motifs is 1. The number of hydrogen-bond acceptors (Lipinski definition) is 5. The summed E-state index contributed by atoms with van der Waals surface area (Å²) < 4.78 is 0. The van der Waals surface area contributed by atoms with Gasteiger partial charge in [-0.05, 0) is 35.9 Å². The fourth-order valence-corrected chi connectivity index (χ4v) is 4.48. The van der Waals surface area contributed by atoms with Crippen molar-refractivity contribution in [2.24, 2.45) is 4.99 Å². The minimum Gasteiger partial charge on any atom is -0.346 e. The second-order valence-electron chi connectivity index (χ2n) is 6.91. The Balaban J connectivity index is 1.73. The number of carbonyl (C=O) groups excluding carboxylic acids is 2. The summed E-state index contributed by atoms with van der Waals surface area (Å²) in [6.45, 7) is 2.54. The molecular weight excluding hydrogens is 372 g/mol. The number of hydrogen-bond donors (Lipinski definition) is 2. The summed E-state index contributed by atoms with van der Waals surface area (Å²) in [5, 5.41) is 7.59. The summed E-state index contributed by atoms with van der Waals surface area (Å²) in [5.41, 5.74) is 2.35. The van der Waals surface area contributed by atoms with Crippen molar-refractivity contribution in [3.8, 4) is 0 Å². The summed E-state index contributed by atoms with van der Waals surface area (Å²) in [5.74, 6) is 0.731. The van der Waals surface area contributed by atoms with E-state index in [-0.39, 0.29) is 24.2 Å². The van der Waals surface area contributed by atoms with Crippen LogP contribution in [0.1, 0.15) is 37.7 Å². The predicted octanol–water partition coefficient (Wildman–Crippen LogP) is 3.11. The minimum atomic E-state index is -0.322. The molecule has 1 unspecified atom stereocenters. The molecule has 28 heavy (non-hydrogen) atoms. The van der Waals surface area contributed by atoms with Gasteiger partial charge < -0.3 is 10.6 Å². The van der Waals surface area contributed by atoms with Crippen molar-refractivity contribution in [2.75, 3.05) is 12.3 Å². The van der Waals surface area contributed by atoms with Gasteiger partial charge in [-0.1, -0.05) is 25.5 Å². The van der Waals surface area contributed by atoms with Crippen LogP contribution in [0.4, 0.5) is 0 Å². The molecule has 0 saturated carbocycles. The van der Waals surface area contributed by atoms with Gasteiger partial charge in [0.2, 0.25) is 5.91 Å². The van der Waals surface area contributed by atoms with Gasteiger partial charge in [0.1, 0.15) is 5.82 Å². The highest BCUT2D eigenvalue weighted by Crippen LogP contribution is 2.35. The highest BCUT2D eigenvalue weighted by molar-refractivity contribution is 8.14. The molecule has 6 nitrogen and oxygen atoms in total. The fraction of sp³-hybridized carbons (Fsp3) is 0.333. The first-order valence-corrected chi connectivity index (χ1v) is 10.5. The van der Waals surface area contributed by atoms with E-state index in [0.29, 0.717) is 17.9 Å². The summed E-state index contributed by atoms with van der Waals surface area (Å²) in [7, 11) is 0. The lowest BCUT2D eigenvalue weighted by molar-refractivity contribution is -0.121. The number of pyridine rings is 1. The zero-order valence-electron chi connectivity index (χ0n) is 15.7. The Morgan fingerprint density at radius 3 is 3.00 bits per heavy atom. The largest absolute Gasteiger partial charge is 0.346 e. The third kappa shape index (κ3) is 3.80. The van der Waals surface area contributed by atoms with Crippen LogP contribution in [0.25, 0.3) is 10.9 Å². The van der Waals surface area contributed by atoms with Gasteiger partial charge in [0.25, 0.3) is 5.91 Å². The van der Waals surface area contributed by atoms with E-state index in [1.807, 2.05) is 30.3 Å². The van der Waals surface area contributed by atoms with Crippen LogP contribution in [0.3, 0.4) is 0 Å². The SMILES string of the molecule is CCCCSC1=NC2=C(C(=O)NC1)C(c1ccc3ncccc3c1)CC(=O)N2. The molecular formula is C21H22N4O2S. The van der Waals surface area contributed by atoms with E-state index in [0.717, 1.165) is 40.1 Å². The maximum atomic E-state index is 12.9. The summed E-state index contributed by atoms with van der Waals surface area (Å²) in [4.78, 5) is 34.2. The van der Waals surface area contributed by atoms with Gasteiger partial charge >= 0.3 is 0 Å². The summed E-state index contributed by atoms with van der Waals surface area (Å²) >= 11 is 1.63. The van der Waals surface area contributed by atoms with E-state index in [9.17, 15) is 9.59 Å². The van der Waals surface area contributed by atoms with E-state index in [4.69, 9.17) is 0 Å². The van der Waals surface area contributed by atoms with Gasteiger partial charge in [0, 0.05) is 23.9 Å². The molecule has 0 spiro atoms. The third-order valence-corrected chi connectivity index (χ3v) is 5.99. The number of nitrogens with zero attached hydrogens (tertiary/aromatic N) is 2. The topological polar surface area (TPSA) is 83.5 Å².